The smallest absolute Gasteiger partial charge is 0.319 e. The van der Waals surface area contributed by atoms with Gasteiger partial charge in [-0.2, -0.15) is 26.3 Å². The third kappa shape index (κ3) is 5.12. The van der Waals surface area contributed by atoms with Crippen LogP contribution in [0.15, 0.2) is 36.4 Å². The summed E-state index contributed by atoms with van der Waals surface area (Å²) in [6, 6.07) is 3.29. The first kappa shape index (κ1) is 24.1. The Hall–Kier alpha value is -3.51. The van der Waals surface area contributed by atoms with Crippen LogP contribution in [0.3, 0.4) is 0 Å². The molecule has 13 heteroatoms. The number of nitrogens with zero attached hydrogens (tertiary/aromatic N) is 1. The van der Waals surface area contributed by atoms with Gasteiger partial charge in [0.2, 0.25) is 5.78 Å². The molecule has 0 bridgehead atoms. The molecule has 0 aliphatic heterocycles. The van der Waals surface area contributed by atoms with Crippen molar-refractivity contribution >= 4 is 23.1 Å². The molecule has 0 radical (unpaired) electrons. The zero-order valence-corrected chi connectivity index (χ0v) is 16.3. The number of amides is 1. The van der Waals surface area contributed by atoms with Crippen LogP contribution in [0.4, 0.5) is 42.1 Å². The van der Waals surface area contributed by atoms with Crippen molar-refractivity contribution in [2.24, 2.45) is 0 Å². The van der Waals surface area contributed by atoms with E-state index in [0.29, 0.717) is 24.3 Å². The summed E-state index contributed by atoms with van der Waals surface area (Å²) in [7, 11) is 0. The summed E-state index contributed by atoms with van der Waals surface area (Å²) in [6.07, 6.45) is -10.3. The van der Waals surface area contributed by atoms with Crippen LogP contribution < -0.4 is 5.32 Å². The Balaban J connectivity index is 1.80. The average molecular weight is 478 g/mol. The third-order valence-corrected chi connectivity index (χ3v) is 5.23. The lowest BCUT2D eigenvalue weighted by molar-refractivity contribution is -0.388. The molecule has 1 aliphatic carbocycles. The largest absolute Gasteiger partial charge is 0.423 e. The molecule has 0 heterocycles. The Morgan fingerprint density at radius 1 is 1.00 bits per heavy atom. The van der Waals surface area contributed by atoms with Gasteiger partial charge in [0.05, 0.1) is 10.5 Å². The molecule has 0 atom stereocenters. The molecule has 0 aromatic heterocycles. The van der Waals surface area contributed by atoms with Crippen LogP contribution in [-0.4, -0.2) is 16.6 Å². The first-order valence-corrected chi connectivity index (χ1v) is 9.21. The van der Waals surface area contributed by atoms with Crippen molar-refractivity contribution in [3.8, 4) is 0 Å². The zero-order valence-electron chi connectivity index (χ0n) is 16.3. The summed E-state index contributed by atoms with van der Waals surface area (Å²) in [5.74, 6) is -3.58. The van der Waals surface area contributed by atoms with Crippen LogP contribution in [0.1, 0.15) is 36.0 Å². The number of benzene rings is 2. The molecule has 1 amide bonds. The van der Waals surface area contributed by atoms with E-state index in [1.54, 1.807) is 0 Å². The number of ketones is 1. The number of nitro groups is 1. The summed E-state index contributed by atoms with van der Waals surface area (Å²) in [5, 5.41) is 12.7. The van der Waals surface area contributed by atoms with Crippen LogP contribution in [0.25, 0.3) is 0 Å². The van der Waals surface area contributed by atoms with E-state index >= 15 is 0 Å². The molecule has 1 fully saturated rings. The van der Waals surface area contributed by atoms with Crippen molar-refractivity contribution < 1.29 is 45.2 Å². The van der Waals surface area contributed by atoms with E-state index in [9.17, 15) is 50.4 Å². The van der Waals surface area contributed by atoms with E-state index in [4.69, 9.17) is 0 Å². The lowest BCUT2D eigenvalue weighted by atomic mass is 9.88. The number of halogens is 7. The summed E-state index contributed by atoms with van der Waals surface area (Å²) in [6.45, 7) is 0. The van der Waals surface area contributed by atoms with Gasteiger partial charge in [0.25, 0.3) is 11.6 Å². The van der Waals surface area contributed by atoms with Crippen LogP contribution in [0.5, 0.6) is 0 Å². The van der Waals surface area contributed by atoms with Gasteiger partial charge < -0.3 is 5.32 Å². The first-order valence-electron chi connectivity index (χ1n) is 9.21. The average Bonchev–Trinajstić information content (AvgIpc) is 3.46. The van der Waals surface area contributed by atoms with E-state index in [1.165, 1.54) is 0 Å². The Morgan fingerprint density at radius 3 is 2.15 bits per heavy atom. The zero-order chi connectivity index (χ0) is 24.8. The minimum Gasteiger partial charge on any atom is -0.319 e. The number of carbonyl (C=O) groups is 2. The predicted octanol–water partition coefficient (Wildman–Crippen LogP) is 5.40. The quantitative estimate of drug-likeness (QED) is 0.261. The highest BCUT2D eigenvalue weighted by Crippen LogP contribution is 2.52. The molecule has 1 N–H and O–H groups in total. The van der Waals surface area contributed by atoms with Gasteiger partial charge in [-0.25, -0.2) is 4.39 Å². The lowest BCUT2D eigenvalue weighted by Gasteiger charge is -2.18. The van der Waals surface area contributed by atoms with Gasteiger partial charge in [0.1, 0.15) is 11.4 Å². The molecule has 0 unspecified atom stereocenters. The highest BCUT2D eigenvalue weighted by Gasteiger charge is 2.49. The molecule has 0 saturated heterocycles. The number of hydrogen-bond donors (Lipinski definition) is 1. The summed E-state index contributed by atoms with van der Waals surface area (Å²) >= 11 is 0. The lowest BCUT2D eigenvalue weighted by Crippen LogP contribution is -2.27. The Labute approximate surface area is 180 Å². The van der Waals surface area contributed by atoms with Gasteiger partial charge in [-0.05, 0) is 48.7 Å². The molecule has 2 aromatic carbocycles. The monoisotopic (exact) mass is 478 g/mol. The van der Waals surface area contributed by atoms with Gasteiger partial charge in [-0.15, -0.1) is 0 Å². The summed E-state index contributed by atoms with van der Waals surface area (Å²) < 4.78 is 92.3. The second kappa shape index (κ2) is 8.12. The van der Waals surface area contributed by atoms with Gasteiger partial charge in [-0.3, -0.25) is 19.7 Å². The van der Waals surface area contributed by atoms with Gasteiger partial charge >= 0.3 is 12.4 Å². The maximum atomic E-state index is 14.2. The van der Waals surface area contributed by atoms with Gasteiger partial charge in [0.15, 0.2) is 0 Å². The Bertz CT molecular complexity index is 1140. The number of nitrogens with one attached hydrogen (secondary N) is 1. The Morgan fingerprint density at radius 2 is 1.64 bits per heavy atom. The molecular weight excluding hydrogens is 465 g/mol. The van der Waals surface area contributed by atoms with Crippen molar-refractivity contribution in [1.29, 1.82) is 0 Å². The second-order valence-electron chi connectivity index (χ2n) is 7.51. The van der Waals surface area contributed by atoms with Crippen molar-refractivity contribution in [3.05, 3.63) is 69.0 Å². The molecule has 33 heavy (non-hydrogen) atoms. The fourth-order valence-electron chi connectivity index (χ4n) is 3.39. The van der Waals surface area contributed by atoms with E-state index in [2.05, 4.69) is 0 Å². The topological polar surface area (TPSA) is 89.3 Å². The maximum Gasteiger partial charge on any atom is 0.423 e. The van der Waals surface area contributed by atoms with Crippen LogP contribution in [0, 0.1) is 15.9 Å². The number of rotatable bonds is 6. The molecule has 0 spiro atoms. The predicted molar refractivity (Wildman–Crippen MR) is 98.7 cm³/mol. The minimum atomic E-state index is -5.12. The standard InChI is InChI=1S/C20H13F7N2O4/c21-14-3-1-10(19(22,23)24)7-12(14)18(5-6-18)9-16(30)17(31)28-11-2-4-15(29(32)33)13(8-11)20(25,26)27/h1-4,7-8H,5-6,9H2,(H,28,31). The van der Waals surface area contributed by atoms with Crippen molar-refractivity contribution in [2.75, 3.05) is 5.32 Å². The van der Waals surface area contributed by atoms with Crippen LogP contribution >= 0.6 is 0 Å². The van der Waals surface area contributed by atoms with Crippen LogP contribution in [0.2, 0.25) is 0 Å². The van der Waals surface area contributed by atoms with Gasteiger partial charge in [0, 0.05) is 23.6 Å². The Kier molecular flexibility index (Phi) is 5.94. The van der Waals surface area contributed by atoms with E-state index in [-0.39, 0.29) is 24.5 Å². The van der Waals surface area contributed by atoms with Crippen LogP contribution in [-0.2, 0) is 27.4 Å². The number of alkyl halides is 6. The third-order valence-electron chi connectivity index (χ3n) is 5.23. The van der Waals surface area contributed by atoms with E-state index < -0.39 is 69.1 Å². The fraction of sp³-hybridized carbons (Fsp3) is 0.300. The second-order valence-corrected chi connectivity index (χ2v) is 7.51. The van der Waals surface area contributed by atoms with E-state index in [1.807, 2.05) is 5.32 Å². The molecule has 1 saturated carbocycles. The number of hydrogen-bond acceptors (Lipinski definition) is 4. The normalized spacial score (nSPS) is 15.1. The highest BCUT2D eigenvalue weighted by atomic mass is 19.4. The number of carbonyl (C=O) groups excluding carboxylic acids is 2. The molecule has 6 nitrogen and oxygen atoms in total. The molecule has 2 aromatic rings. The summed E-state index contributed by atoms with van der Waals surface area (Å²) in [5.41, 5.74) is -6.32. The number of nitro benzene ring substituents is 1. The number of Topliss-reactive ketones (excluding diaryl/α,β-unsaturated/α-hetero) is 1. The highest BCUT2D eigenvalue weighted by molar-refractivity contribution is 6.40. The maximum absolute atomic E-state index is 14.2. The van der Waals surface area contributed by atoms with Crippen molar-refractivity contribution in [3.63, 3.8) is 0 Å². The molecule has 1 aliphatic rings. The molecular formula is C20H13F7N2O4. The van der Waals surface area contributed by atoms with E-state index in [0.717, 1.165) is 6.07 Å². The molecule has 3 rings (SSSR count). The minimum absolute atomic E-state index is 0.125. The van der Waals surface area contributed by atoms with Gasteiger partial charge in [-0.1, -0.05) is 0 Å². The molecule has 176 valence electrons. The first-order chi connectivity index (χ1) is 15.1. The van der Waals surface area contributed by atoms with Crippen molar-refractivity contribution in [1.82, 2.24) is 0 Å². The summed E-state index contributed by atoms with van der Waals surface area (Å²) in [4.78, 5) is 34.1. The SMILES string of the molecule is O=C(CC1(c2cc(C(F)(F)F)ccc2F)CC1)C(=O)Nc1ccc([N+](=O)[O-])c(C(F)(F)F)c1. The number of anilines is 1. The van der Waals surface area contributed by atoms with Crippen molar-refractivity contribution in [2.45, 2.75) is 37.0 Å². The fourth-order valence-corrected chi connectivity index (χ4v) is 3.39.